The molecule has 6 heteroatoms. The molecule has 1 aliphatic heterocycles. The highest BCUT2D eigenvalue weighted by Crippen LogP contribution is 2.42. The van der Waals surface area contributed by atoms with E-state index in [-0.39, 0.29) is 18.9 Å². The second-order valence-corrected chi connectivity index (χ2v) is 10.0. The minimum absolute atomic E-state index is 0.111. The van der Waals surface area contributed by atoms with E-state index < -0.39 is 17.7 Å². The van der Waals surface area contributed by atoms with Crippen molar-refractivity contribution in [3.8, 4) is 0 Å². The number of nitrogens with zero attached hydrogens (tertiary/aromatic N) is 1. The summed E-state index contributed by atoms with van der Waals surface area (Å²) in [6, 6.07) is 25.1. The van der Waals surface area contributed by atoms with Crippen LogP contribution in [0.5, 0.6) is 0 Å². The van der Waals surface area contributed by atoms with Crippen LogP contribution in [-0.2, 0) is 23.4 Å². The lowest BCUT2D eigenvalue weighted by atomic mass is 9.72. The van der Waals surface area contributed by atoms with Gasteiger partial charge >= 0.3 is 5.97 Å². The topological polar surface area (TPSA) is 101 Å². The smallest absolute Gasteiger partial charge is 0.307 e. The molecule has 37 heavy (non-hydrogen) atoms. The predicted molar refractivity (Wildman–Crippen MR) is 143 cm³/mol. The average molecular weight is 504 g/mol. The Morgan fingerprint density at radius 1 is 0.919 bits per heavy atom. The zero-order chi connectivity index (χ0) is 26.3. The molecule has 1 heterocycles. The van der Waals surface area contributed by atoms with Crippen molar-refractivity contribution in [1.29, 1.82) is 0 Å². The summed E-state index contributed by atoms with van der Waals surface area (Å²) in [5, 5.41) is 41.4. The molecule has 0 radical (unpaired) electrons. The number of carbonyl (C=O) groups is 1. The fraction of sp³-hybridized carbons (Fsp3) is 0.387. The molecule has 3 aromatic carbocycles. The van der Waals surface area contributed by atoms with Crippen molar-refractivity contribution in [1.82, 2.24) is 4.90 Å². The van der Waals surface area contributed by atoms with Crippen LogP contribution in [0.25, 0.3) is 0 Å². The Morgan fingerprint density at radius 3 is 2.05 bits per heavy atom. The Labute approximate surface area is 218 Å². The van der Waals surface area contributed by atoms with Gasteiger partial charge in [-0.3, -0.25) is 4.79 Å². The van der Waals surface area contributed by atoms with Crippen molar-refractivity contribution in [2.45, 2.75) is 50.4 Å². The molecule has 0 spiro atoms. The molecule has 0 saturated carbocycles. The lowest BCUT2D eigenvalue weighted by Crippen LogP contribution is -2.44. The van der Waals surface area contributed by atoms with Gasteiger partial charge in [-0.2, -0.15) is 0 Å². The van der Waals surface area contributed by atoms with Gasteiger partial charge in [-0.25, -0.2) is 0 Å². The Hall–Kier alpha value is -3.03. The minimum Gasteiger partial charge on any atom is -0.481 e. The van der Waals surface area contributed by atoms with Gasteiger partial charge in [0.05, 0.1) is 19.1 Å². The molecule has 196 valence electrons. The summed E-state index contributed by atoms with van der Waals surface area (Å²) < 4.78 is 0. The van der Waals surface area contributed by atoms with E-state index in [1.54, 1.807) is 18.2 Å². The number of hydrogen-bond acceptors (Lipinski definition) is 5. The molecular weight excluding hydrogens is 466 g/mol. The standard InChI is InChI=1S/C31H37NO5/c33-22-25-20-24(14-13-23(25)21-30(35)36)29(34)12-7-17-32-18-15-28(16-19-32)31(37,26-8-3-1-4-9-26)27-10-5-2-6-11-27/h1-6,8-11,13-14,20,28-29,33-34,37H,7,12,15-19,21-22H2,(H,35,36). The third-order valence-electron chi connectivity index (χ3n) is 7.69. The van der Waals surface area contributed by atoms with Gasteiger partial charge in [0.15, 0.2) is 0 Å². The lowest BCUT2D eigenvalue weighted by Gasteiger charge is -2.42. The summed E-state index contributed by atoms with van der Waals surface area (Å²) in [6.45, 7) is 2.39. The summed E-state index contributed by atoms with van der Waals surface area (Å²) >= 11 is 0. The molecular formula is C31H37NO5. The summed E-state index contributed by atoms with van der Waals surface area (Å²) in [5.41, 5.74) is 2.65. The van der Waals surface area contributed by atoms with Crippen molar-refractivity contribution in [2.75, 3.05) is 19.6 Å². The number of carboxylic acids is 1. The van der Waals surface area contributed by atoms with Gasteiger partial charge in [0.25, 0.3) is 0 Å². The van der Waals surface area contributed by atoms with Crippen LogP contribution in [-0.4, -0.2) is 50.9 Å². The molecule has 0 aromatic heterocycles. The van der Waals surface area contributed by atoms with Crippen molar-refractivity contribution in [2.24, 2.45) is 5.92 Å². The van der Waals surface area contributed by atoms with Crippen LogP contribution in [0.1, 0.15) is 59.6 Å². The molecule has 0 amide bonds. The molecule has 1 unspecified atom stereocenters. The van der Waals surface area contributed by atoms with Gasteiger partial charge in [-0.05, 0) is 79.1 Å². The quantitative estimate of drug-likeness (QED) is 0.312. The zero-order valence-electron chi connectivity index (χ0n) is 21.2. The predicted octanol–water partition coefficient (Wildman–Crippen LogP) is 4.27. The average Bonchev–Trinajstić information content (AvgIpc) is 2.93. The van der Waals surface area contributed by atoms with E-state index in [9.17, 15) is 20.1 Å². The molecule has 1 aliphatic rings. The summed E-state index contributed by atoms with van der Waals surface area (Å²) in [7, 11) is 0. The molecule has 6 nitrogen and oxygen atoms in total. The van der Waals surface area contributed by atoms with E-state index in [4.69, 9.17) is 5.11 Å². The fourth-order valence-corrected chi connectivity index (χ4v) is 5.61. The number of piperidine rings is 1. The number of hydrogen-bond donors (Lipinski definition) is 4. The molecule has 1 atom stereocenters. The third kappa shape index (κ3) is 6.46. The molecule has 3 aromatic rings. The number of carboxylic acid groups (broad SMARTS) is 1. The Morgan fingerprint density at radius 2 is 1.51 bits per heavy atom. The van der Waals surface area contributed by atoms with E-state index in [0.29, 0.717) is 23.1 Å². The molecule has 4 rings (SSSR count). The first-order valence-corrected chi connectivity index (χ1v) is 13.1. The molecule has 0 aliphatic carbocycles. The van der Waals surface area contributed by atoms with E-state index in [0.717, 1.165) is 50.0 Å². The zero-order valence-corrected chi connectivity index (χ0v) is 21.2. The Bertz CT molecular complexity index is 1100. The highest BCUT2D eigenvalue weighted by atomic mass is 16.4. The molecule has 0 bridgehead atoms. The third-order valence-corrected chi connectivity index (χ3v) is 7.69. The van der Waals surface area contributed by atoms with Gasteiger partial charge in [0.1, 0.15) is 5.60 Å². The van der Waals surface area contributed by atoms with E-state index in [1.807, 2.05) is 60.7 Å². The normalized spacial score (nSPS) is 16.0. The van der Waals surface area contributed by atoms with Crippen molar-refractivity contribution in [3.63, 3.8) is 0 Å². The van der Waals surface area contributed by atoms with Gasteiger partial charge in [0.2, 0.25) is 0 Å². The first-order valence-electron chi connectivity index (χ1n) is 13.1. The molecule has 1 saturated heterocycles. The van der Waals surface area contributed by atoms with Gasteiger partial charge in [0, 0.05) is 0 Å². The second kappa shape index (κ2) is 12.5. The van der Waals surface area contributed by atoms with E-state index in [2.05, 4.69) is 4.90 Å². The van der Waals surface area contributed by atoms with Crippen LogP contribution in [0, 0.1) is 5.92 Å². The van der Waals surface area contributed by atoms with E-state index >= 15 is 0 Å². The summed E-state index contributed by atoms with van der Waals surface area (Å²) in [6.07, 6.45) is 2.36. The summed E-state index contributed by atoms with van der Waals surface area (Å²) in [5.74, 6) is -0.835. The maximum absolute atomic E-state index is 12.0. The SMILES string of the molecule is O=C(O)Cc1ccc(C(O)CCCN2CCC(C(O)(c3ccccc3)c3ccccc3)CC2)cc1CO. The minimum atomic E-state index is -1.03. The number of aliphatic carboxylic acids is 1. The van der Waals surface area contributed by atoms with Crippen molar-refractivity contribution in [3.05, 3.63) is 107 Å². The van der Waals surface area contributed by atoms with Crippen LogP contribution in [0.3, 0.4) is 0 Å². The maximum atomic E-state index is 12.0. The number of aliphatic hydroxyl groups excluding tert-OH is 2. The lowest BCUT2D eigenvalue weighted by molar-refractivity contribution is -0.136. The first kappa shape index (κ1) is 27.0. The van der Waals surface area contributed by atoms with Crippen LogP contribution in [0.4, 0.5) is 0 Å². The van der Waals surface area contributed by atoms with Crippen LogP contribution >= 0.6 is 0 Å². The highest BCUT2D eigenvalue weighted by molar-refractivity contribution is 5.70. The van der Waals surface area contributed by atoms with Crippen LogP contribution < -0.4 is 0 Å². The van der Waals surface area contributed by atoms with E-state index in [1.165, 1.54) is 0 Å². The van der Waals surface area contributed by atoms with Gasteiger partial charge in [-0.1, -0.05) is 78.9 Å². The van der Waals surface area contributed by atoms with Gasteiger partial charge < -0.3 is 25.3 Å². The first-order chi connectivity index (χ1) is 17.9. The largest absolute Gasteiger partial charge is 0.481 e. The van der Waals surface area contributed by atoms with Crippen LogP contribution in [0.2, 0.25) is 0 Å². The highest BCUT2D eigenvalue weighted by Gasteiger charge is 2.41. The number of rotatable bonds is 11. The Balaban J connectivity index is 1.33. The summed E-state index contributed by atoms with van der Waals surface area (Å²) in [4.78, 5) is 13.4. The fourth-order valence-electron chi connectivity index (χ4n) is 5.61. The number of benzene rings is 3. The van der Waals surface area contributed by atoms with Crippen LogP contribution in [0.15, 0.2) is 78.9 Å². The molecule has 1 fully saturated rings. The number of likely N-dealkylation sites (tertiary alicyclic amines) is 1. The van der Waals surface area contributed by atoms with Crippen molar-refractivity contribution < 1.29 is 25.2 Å². The second-order valence-electron chi connectivity index (χ2n) is 10.0. The van der Waals surface area contributed by atoms with Crippen molar-refractivity contribution >= 4 is 5.97 Å². The van der Waals surface area contributed by atoms with Gasteiger partial charge in [-0.15, -0.1) is 0 Å². The number of aliphatic hydroxyl groups is 3. The monoisotopic (exact) mass is 503 g/mol. The Kier molecular flexibility index (Phi) is 9.11. The maximum Gasteiger partial charge on any atom is 0.307 e. The molecule has 4 N–H and O–H groups in total.